The van der Waals surface area contributed by atoms with E-state index in [1.54, 1.807) is 0 Å². The van der Waals surface area contributed by atoms with Gasteiger partial charge < -0.3 is 0 Å². The van der Waals surface area contributed by atoms with E-state index in [1.165, 1.54) is 0 Å². The predicted octanol–water partition coefficient (Wildman–Crippen LogP) is 1.80. The molecule has 0 aliphatic carbocycles. The molecule has 0 saturated carbocycles. The summed E-state index contributed by atoms with van der Waals surface area (Å²) in [6, 6.07) is 9.97. The first-order chi connectivity index (χ1) is 5.39. The molecule has 0 saturated heterocycles. The minimum absolute atomic E-state index is 1.13. The Balaban J connectivity index is 0.000000217. The van der Waals surface area contributed by atoms with Crippen LogP contribution in [0.2, 0.25) is 0 Å². The molecule has 0 spiro atoms. The molecule has 0 atom stereocenters. The third kappa shape index (κ3) is 12.3. The normalized spacial score (nSPS) is 9.92. The molecule has 2 N–H and O–H groups in total. The van der Waals surface area contributed by atoms with Crippen molar-refractivity contribution in [2.45, 2.75) is 0 Å². The van der Waals surface area contributed by atoms with E-state index in [9.17, 15) is 0 Å². The van der Waals surface area contributed by atoms with Crippen LogP contribution in [0.15, 0.2) is 34.8 Å². The van der Waals surface area contributed by atoms with Gasteiger partial charge in [0.25, 0.3) is 0 Å². The highest BCUT2D eigenvalue weighted by Crippen LogP contribution is 2.05. The molecule has 1 aromatic carbocycles. The van der Waals surface area contributed by atoms with Gasteiger partial charge >= 0.3 is 10.4 Å². The van der Waals surface area contributed by atoms with Gasteiger partial charge in [0.2, 0.25) is 0 Å². The number of rotatable bonds is 0. The lowest BCUT2D eigenvalue weighted by Crippen LogP contribution is -1.89. The Morgan fingerprint density at radius 2 is 1.42 bits per heavy atom. The molecule has 0 amide bonds. The standard InChI is InChI=1S/C6H5Br.H2O4S/c7-6-4-2-1-3-5-6;1-5(2,3)4/h1-5H;(H2,1,2,3,4). The first-order valence-corrected chi connectivity index (χ1v) is 4.99. The van der Waals surface area contributed by atoms with Crippen molar-refractivity contribution in [3.05, 3.63) is 34.8 Å². The van der Waals surface area contributed by atoms with Gasteiger partial charge in [0.05, 0.1) is 0 Å². The van der Waals surface area contributed by atoms with Gasteiger partial charge in [-0.05, 0) is 12.1 Å². The van der Waals surface area contributed by atoms with Gasteiger partial charge in [0.15, 0.2) is 0 Å². The topological polar surface area (TPSA) is 74.6 Å². The summed E-state index contributed by atoms with van der Waals surface area (Å²) in [5.41, 5.74) is 0. The van der Waals surface area contributed by atoms with Crippen LogP contribution in [0.25, 0.3) is 0 Å². The molecule has 0 bridgehead atoms. The fourth-order valence-corrected chi connectivity index (χ4v) is 0.720. The molecule has 0 heterocycles. The second kappa shape index (κ2) is 5.26. The number of hydrogen-bond donors (Lipinski definition) is 2. The summed E-state index contributed by atoms with van der Waals surface area (Å²) in [4.78, 5) is 0. The fourth-order valence-electron chi connectivity index (χ4n) is 0.415. The second-order valence-corrected chi connectivity index (χ2v) is 3.55. The van der Waals surface area contributed by atoms with E-state index < -0.39 is 10.4 Å². The Hall–Kier alpha value is -0.430. The third-order valence-electron chi connectivity index (χ3n) is 0.733. The van der Waals surface area contributed by atoms with Crippen LogP contribution in [0, 0.1) is 0 Å². The minimum atomic E-state index is -4.67. The number of halogens is 1. The lowest BCUT2D eigenvalue weighted by atomic mass is 10.4. The highest BCUT2D eigenvalue weighted by atomic mass is 79.9. The van der Waals surface area contributed by atoms with Crippen molar-refractivity contribution in [1.82, 2.24) is 0 Å². The molecule has 0 aromatic heterocycles. The van der Waals surface area contributed by atoms with Crippen molar-refractivity contribution < 1.29 is 17.5 Å². The van der Waals surface area contributed by atoms with E-state index >= 15 is 0 Å². The largest absolute Gasteiger partial charge is 0.394 e. The van der Waals surface area contributed by atoms with E-state index in [0.29, 0.717) is 0 Å². The summed E-state index contributed by atoms with van der Waals surface area (Å²) in [5, 5.41) is 0. The van der Waals surface area contributed by atoms with Crippen molar-refractivity contribution in [3.8, 4) is 0 Å². The predicted molar refractivity (Wildman–Crippen MR) is 48.3 cm³/mol. The quantitative estimate of drug-likeness (QED) is 0.693. The molecule has 1 aromatic rings. The monoisotopic (exact) mass is 254 g/mol. The van der Waals surface area contributed by atoms with Crippen molar-refractivity contribution in [1.29, 1.82) is 0 Å². The Bertz CT molecular complexity index is 300. The number of hydrogen-bond acceptors (Lipinski definition) is 2. The highest BCUT2D eigenvalue weighted by Gasteiger charge is 1.84. The third-order valence-corrected chi connectivity index (χ3v) is 1.26. The van der Waals surface area contributed by atoms with Gasteiger partial charge in [-0.2, -0.15) is 8.42 Å². The van der Waals surface area contributed by atoms with Crippen LogP contribution >= 0.6 is 15.9 Å². The zero-order valence-electron chi connectivity index (χ0n) is 5.88. The van der Waals surface area contributed by atoms with Crippen LogP contribution in [0.4, 0.5) is 0 Å². The molecule has 0 radical (unpaired) electrons. The summed E-state index contributed by atoms with van der Waals surface area (Å²) in [5.74, 6) is 0. The molecule has 4 nitrogen and oxygen atoms in total. The Labute approximate surface area is 78.9 Å². The van der Waals surface area contributed by atoms with Crippen LogP contribution in [-0.4, -0.2) is 17.5 Å². The maximum atomic E-state index is 8.74. The molecule has 1 rings (SSSR count). The fraction of sp³-hybridized carbons (Fsp3) is 0. The molecular formula is C6H7BrO4S. The van der Waals surface area contributed by atoms with Crippen LogP contribution in [0.1, 0.15) is 0 Å². The average molecular weight is 255 g/mol. The van der Waals surface area contributed by atoms with Crippen molar-refractivity contribution >= 4 is 26.3 Å². The Kier molecular flexibility index (Phi) is 5.07. The van der Waals surface area contributed by atoms with Gasteiger partial charge in [-0.3, -0.25) is 9.11 Å². The molecule has 0 fully saturated rings. The summed E-state index contributed by atoms with van der Waals surface area (Å²) in [7, 11) is -4.67. The second-order valence-electron chi connectivity index (χ2n) is 1.74. The SMILES string of the molecule is Brc1ccccc1.O=S(=O)(O)O. The molecule has 68 valence electrons. The maximum absolute atomic E-state index is 8.74. The van der Waals surface area contributed by atoms with E-state index in [-0.39, 0.29) is 0 Å². The van der Waals surface area contributed by atoms with Gasteiger partial charge in [-0.1, -0.05) is 34.1 Å². The van der Waals surface area contributed by atoms with E-state index in [0.717, 1.165) is 4.47 Å². The molecule has 0 aliphatic heterocycles. The first kappa shape index (κ1) is 11.6. The van der Waals surface area contributed by atoms with Gasteiger partial charge in [0.1, 0.15) is 0 Å². The van der Waals surface area contributed by atoms with E-state index in [1.807, 2.05) is 30.3 Å². The lowest BCUT2D eigenvalue weighted by Gasteiger charge is -1.80. The lowest BCUT2D eigenvalue weighted by molar-refractivity contribution is 0.381. The minimum Gasteiger partial charge on any atom is -0.264 e. The molecular weight excluding hydrogens is 248 g/mol. The van der Waals surface area contributed by atoms with Gasteiger partial charge in [0, 0.05) is 4.47 Å². The van der Waals surface area contributed by atoms with Crippen molar-refractivity contribution in [3.63, 3.8) is 0 Å². The molecule has 0 aliphatic rings. The van der Waals surface area contributed by atoms with Crippen LogP contribution in [0.3, 0.4) is 0 Å². The van der Waals surface area contributed by atoms with Crippen molar-refractivity contribution in [2.24, 2.45) is 0 Å². The van der Waals surface area contributed by atoms with Crippen LogP contribution in [0.5, 0.6) is 0 Å². The smallest absolute Gasteiger partial charge is 0.264 e. The zero-order valence-corrected chi connectivity index (χ0v) is 8.29. The van der Waals surface area contributed by atoms with Gasteiger partial charge in [-0.25, -0.2) is 0 Å². The van der Waals surface area contributed by atoms with Crippen molar-refractivity contribution in [2.75, 3.05) is 0 Å². The van der Waals surface area contributed by atoms with E-state index in [4.69, 9.17) is 17.5 Å². The van der Waals surface area contributed by atoms with Crippen LogP contribution < -0.4 is 0 Å². The Morgan fingerprint density at radius 1 is 1.08 bits per heavy atom. The number of benzene rings is 1. The summed E-state index contributed by atoms with van der Waals surface area (Å²) < 4.78 is 32.7. The average Bonchev–Trinajstić information content (AvgIpc) is 1.85. The summed E-state index contributed by atoms with van der Waals surface area (Å²) in [6.07, 6.45) is 0. The molecule has 6 heteroatoms. The summed E-state index contributed by atoms with van der Waals surface area (Å²) >= 11 is 3.31. The van der Waals surface area contributed by atoms with E-state index in [2.05, 4.69) is 15.9 Å². The Morgan fingerprint density at radius 3 is 1.58 bits per heavy atom. The first-order valence-electron chi connectivity index (χ1n) is 2.80. The zero-order chi connectivity index (χ0) is 9.61. The van der Waals surface area contributed by atoms with Crippen LogP contribution in [-0.2, 0) is 10.4 Å². The summed E-state index contributed by atoms with van der Waals surface area (Å²) in [6.45, 7) is 0. The maximum Gasteiger partial charge on any atom is 0.394 e. The highest BCUT2D eigenvalue weighted by molar-refractivity contribution is 9.10. The molecule has 0 unspecified atom stereocenters. The molecule has 12 heavy (non-hydrogen) atoms. The van der Waals surface area contributed by atoms with Gasteiger partial charge in [-0.15, -0.1) is 0 Å².